The lowest BCUT2D eigenvalue weighted by Gasteiger charge is -2.35. The van der Waals surface area contributed by atoms with Gasteiger partial charge in [0.25, 0.3) is 5.91 Å². The van der Waals surface area contributed by atoms with Crippen LogP contribution in [0.15, 0.2) is 30.3 Å². The van der Waals surface area contributed by atoms with Gasteiger partial charge in [-0.1, -0.05) is 23.7 Å². The van der Waals surface area contributed by atoms with E-state index < -0.39 is 23.7 Å². The number of benzene rings is 1. The first kappa shape index (κ1) is 24.6. The molecule has 1 aromatic carbocycles. The summed E-state index contributed by atoms with van der Waals surface area (Å²) in [4.78, 5) is 28.7. The average molecular weight is 489 g/mol. The zero-order valence-electron chi connectivity index (χ0n) is 19.1. The van der Waals surface area contributed by atoms with Crippen LogP contribution in [0.3, 0.4) is 0 Å². The third kappa shape index (κ3) is 6.13. The van der Waals surface area contributed by atoms with Gasteiger partial charge in [-0.2, -0.15) is 0 Å². The molecule has 1 amide bonds. The molecule has 2 aromatic rings. The van der Waals surface area contributed by atoms with Gasteiger partial charge in [0.2, 0.25) is 0 Å². The molecule has 2 N–H and O–H groups in total. The van der Waals surface area contributed by atoms with E-state index in [2.05, 4.69) is 17.4 Å². The van der Waals surface area contributed by atoms with Crippen molar-refractivity contribution in [1.82, 2.24) is 10.3 Å². The molecule has 34 heavy (non-hydrogen) atoms. The van der Waals surface area contributed by atoms with E-state index in [0.717, 1.165) is 44.6 Å². The minimum Gasteiger partial charge on any atom is -0.480 e. The summed E-state index contributed by atoms with van der Waals surface area (Å²) >= 11 is 5.82. The van der Waals surface area contributed by atoms with Gasteiger partial charge in [-0.3, -0.25) is 9.78 Å². The van der Waals surface area contributed by atoms with Gasteiger partial charge >= 0.3 is 5.97 Å². The van der Waals surface area contributed by atoms with Crippen LogP contribution >= 0.6 is 11.6 Å². The standard InChI is InChI=1S/C26H30ClFN2O4/c27-24-20(5-3-6-21(24)28)25(31)30-23(26(32)33)12-13-34-19-14-16(15-19)8-10-18-11-9-17-4-1-2-7-22(17)29-18/h3,5-6,9,11,16,19,23H,1-2,4,7-8,10,12-15H2,(H,30,31)(H,32,33). The number of aliphatic carboxylic acids is 1. The highest BCUT2D eigenvalue weighted by Crippen LogP contribution is 2.34. The Labute approximate surface area is 203 Å². The van der Waals surface area contributed by atoms with Crippen LogP contribution < -0.4 is 5.32 Å². The maximum atomic E-state index is 13.6. The van der Waals surface area contributed by atoms with Gasteiger partial charge in [0.1, 0.15) is 11.9 Å². The highest BCUT2D eigenvalue weighted by atomic mass is 35.5. The molecule has 0 spiro atoms. The van der Waals surface area contributed by atoms with E-state index in [4.69, 9.17) is 21.3 Å². The van der Waals surface area contributed by atoms with Crippen LogP contribution in [0.2, 0.25) is 5.02 Å². The molecule has 2 aliphatic carbocycles. The summed E-state index contributed by atoms with van der Waals surface area (Å²) in [5.41, 5.74) is 3.76. The van der Waals surface area contributed by atoms with E-state index in [9.17, 15) is 19.1 Å². The summed E-state index contributed by atoms with van der Waals surface area (Å²) in [6.45, 7) is 0.220. The first-order chi connectivity index (χ1) is 16.4. The summed E-state index contributed by atoms with van der Waals surface area (Å²) in [5.74, 6) is -2.04. The average Bonchev–Trinajstić information content (AvgIpc) is 2.80. The number of fused-ring (bicyclic) bond motifs is 1. The summed E-state index contributed by atoms with van der Waals surface area (Å²) in [7, 11) is 0. The van der Waals surface area contributed by atoms with Crippen molar-refractivity contribution in [2.24, 2.45) is 5.92 Å². The van der Waals surface area contributed by atoms with Crippen molar-refractivity contribution >= 4 is 23.5 Å². The van der Waals surface area contributed by atoms with E-state index in [-0.39, 0.29) is 29.7 Å². The van der Waals surface area contributed by atoms with Crippen LogP contribution in [-0.2, 0) is 28.8 Å². The number of carboxylic acids is 1. The van der Waals surface area contributed by atoms with Gasteiger partial charge in [0.05, 0.1) is 16.7 Å². The molecule has 0 radical (unpaired) electrons. The third-order valence-electron chi connectivity index (χ3n) is 6.80. The number of hydrogen-bond acceptors (Lipinski definition) is 4. The summed E-state index contributed by atoms with van der Waals surface area (Å²) < 4.78 is 19.4. The van der Waals surface area contributed by atoms with Gasteiger partial charge in [0.15, 0.2) is 0 Å². The van der Waals surface area contributed by atoms with Gasteiger partial charge < -0.3 is 15.2 Å². The Morgan fingerprint density at radius 1 is 1.21 bits per heavy atom. The normalized spacial score (nSPS) is 20.2. The number of ether oxygens (including phenoxy) is 1. The van der Waals surface area contributed by atoms with Gasteiger partial charge in [-0.15, -0.1) is 0 Å². The first-order valence-corrected chi connectivity index (χ1v) is 12.4. The van der Waals surface area contributed by atoms with Crippen molar-refractivity contribution in [3.63, 3.8) is 0 Å². The highest BCUT2D eigenvalue weighted by molar-refractivity contribution is 6.34. The van der Waals surface area contributed by atoms with Crippen LogP contribution in [0.1, 0.15) is 65.8 Å². The number of carbonyl (C=O) groups excluding carboxylic acids is 1. The predicted molar refractivity (Wildman–Crippen MR) is 127 cm³/mol. The fourth-order valence-electron chi connectivity index (χ4n) is 4.69. The van der Waals surface area contributed by atoms with Gasteiger partial charge in [-0.05, 0) is 81.0 Å². The molecule has 4 rings (SSSR count). The number of pyridine rings is 1. The molecule has 0 saturated heterocycles. The maximum Gasteiger partial charge on any atom is 0.326 e. The molecule has 2 aliphatic rings. The van der Waals surface area contributed by atoms with Gasteiger partial charge in [0, 0.05) is 24.4 Å². The van der Waals surface area contributed by atoms with Crippen molar-refractivity contribution in [3.8, 4) is 0 Å². The first-order valence-electron chi connectivity index (χ1n) is 12.0. The molecule has 6 nitrogen and oxygen atoms in total. The molecule has 0 aliphatic heterocycles. The van der Waals surface area contributed by atoms with Crippen molar-refractivity contribution in [2.75, 3.05) is 6.61 Å². The lowest BCUT2D eigenvalue weighted by atomic mass is 9.79. The number of rotatable bonds is 10. The SMILES string of the molecule is O=C(NC(CCOC1CC(CCc2ccc3c(n2)CCCC3)C1)C(=O)O)c1cccc(F)c1Cl. The minimum atomic E-state index is -1.17. The van der Waals surface area contributed by atoms with Crippen LogP contribution in [0, 0.1) is 11.7 Å². The van der Waals surface area contributed by atoms with E-state index in [1.807, 2.05) is 0 Å². The van der Waals surface area contributed by atoms with E-state index in [1.54, 1.807) is 0 Å². The number of nitrogens with zero attached hydrogens (tertiary/aromatic N) is 1. The summed E-state index contributed by atoms with van der Waals surface area (Å²) in [6, 6.07) is 7.10. The topological polar surface area (TPSA) is 88.5 Å². The molecule has 8 heteroatoms. The second-order valence-electron chi connectivity index (χ2n) is 9.24. The number of amides is 1. The van der Waals surface area contributed by atoms with Crippen molar-refractivity contribution < 1.29 is 23.8 Å². The Balaban J connectivity index is 1.16. The van der Waals surface area contributed by atoms with Crippen LogP contribution in [0.25, 0.3) is 0 Å². The van der Waals surface area contributed by atoms with Crippen LogP contribution in [-0.4, -0.2) is 40.7 Å². The number of hydrogen-bond donors (Lipinski definition) is 2. The maximum absolute atomic E-state index is 13.6. The third-order valence-corrected chi connectivity index (χ3v) is 7.18. The number of aryl methyl sites for hydroxylation is 3. The van der Waals surface area contributed by atoms with Crippen LogP contribution in [0.5, 0.6) is 0 Å². The molecule has 1 fully saturated rings. The minimum absolute atomic E-state index is 0.0934. The fraction of sp³-hybridized carbons (Fsp3) is 0.500. The predicted octanol–water partition coefficient (Wildman–Crippen LogP) is 4.75. The Morgan fingerprint density at radius 3 is 2.79 bits per heavy atom. The Hall–Kier alpha value is -2.51. The zero-order chi connectivity index (χ0) is 24.1. The number of carbonyl (C=O) groups is 2. The molecular weight excluding hydrogens is 459 g/mol. The Bertz CT molecular complexity index is 1040. The Morgan fingerprint density at radius 2 is 2.00 bits per heavy atom. The largest absolute Gasteiger partial charge is 0.480 e. The molecule has 1 heterocycles. The smallest absolute Gasteiger partial charge is 0.326 e. The number of nitrogens with one attached hydrogen (secondary N) is 1. The van der Waals surface area contributed by atoms with Crippen molar-refractivity contribution in [2.45, 2.75) is 69.9 Å². The molecule has 1 saturated carbocycles. The number of aromatic nitrogens is 1. The number of halogens is 2. The molecule has 1 aromatic heterocycles. The molecule has 1 unspecified atom stereocenters. The van der Waals surface area contributed by atoms with E-state index >= 15 is 0 Å². The zero-order valence-corrected chi connectivity index (χ0v) is 19.8. The molecule has 1 atom stereocenters. The molecular formula is C26H30ClFN2O4. The van der Waals surface area contributed by atoms with Crippen molar-refractivity contribution in [3.05, 3.63) is 63.7 Å². The quantitative estimate of drug-likeness (QED) is 0.503. The monoisotopic (exact) mass is 488 g/mol. The van der Waals surface area contributed by atoms with Crippen molar-refractivity contribution in [1.29, 1.82) is 0 Å². The summed E-state index contributed by atoms with van der Waals surface area (Å²) in [5, 5.41) is 11.5. The lowest BCUT2D eigenvalue weighted by Crippen LogP contribution is -2.42. The highest BCUT2D eigenvalue weighted by Gasteiger charge is 2.30. The number of carboxylic acid groups (broad SMARTS) is 1. The second-order valence-corrected chi connectivity index (χ2v) is 9.62. The van der Waals surface area contributed by atoms with E-state index in [1.165, 1.54) is 41.9 Å². The van der Waals surface area contributed by atoms with Crippen LogP contribution in [0.4, 0.5) is 4.39 Å². The molecule has 182 valence electrons. The lowest BCUT2D eigenvalue weighted by molar-refractivity contribution is -0.140. The van der Waals surface area contributed by atoms with E-state index in [0.29, 0.717) is 5.92 Å². The summed E-state index contributed by atoms with van der Waals surface area (Å²) in [6.07, 6.45) is 8.92. The molecule has 0 bridgehead atoms. The van der Waals surface area contributed by atoms with Gasteiger partial charge in [-0.25, -0.2) is 9.18 Å². The fourth-order valence-corrected chi connectivity index (χ4v) is 4.90. The Kier molecular flexibility index (Phi) is 8.16. The second kappa shape index (κ2) is 11.3.